The molecule has 0 aromatic heterocycles. The van der Waals surface area contributed by atoms with Crippen molar-refractivity contribution in [2.45, 2.75) is 18.9 Å². The van der Waals surface area contributed by atoms with Gasteiger partial charge < -0.3 is 5.32 Å². The smallest absolute Gasteiger partial charge is 0.254 e. The van der Waals surface area contributed by atoms with Crippen molar-refractivity contribution >= 4 is 31.9 Å². The van der Waals surface area contributed by atoms with E-state index in [1.165, 1.54) is 22.5 Å². The van der Waals surface area contributed by atoms with Crippen molar-refractivity contribution in [2.75, 3.05) is 19.3 Å². The number of halogens is 2. The van der Waals surface area contributed by atoms with Crippen LogP contribution in [0.4, 0.5) is 4.39 Å². The topological polar surface area (TPSA) is 66.5 Å². The zero-order valence-electron chi connectivity index (χ0n) is 11.5. The van der Waals surface area contributed by atoms with Crippen LogP contribution < -0.4 is 5.32 Å². The van der Waals surface area contributed by atoms with Gasteiger partial charge in [-0.15, -0.1) is 0 Å². The number of nitrogens with one attached hydrogen (secondary N) is 1. The lowest BCUT2D eigenvalue weighted by Gasteiger charge is -2.31. The van der Waals surface area contributed by atoms with Crippen LogP contribution in [-0.4, -0.2) is 44.0 Å². The maximum atomic E-state index is 13.7. The molecule has 0 radical (unpaired) electrons. The summed E-state index contributed by atoms with van der Waals surface area (Å²) in [6, 6.07) is 3.82. The molecule has 116 valence electrons. The van der Waals surface area contributed by atoms with Gasteiger partial charge in [0.25, 0.3) is 5.91 Å². The molecule has 1 heterocycles. The highest BCUT2D eigenvalue weighted by molar-refractivity contribution is 9.10. The van der Waals surface area contributed by atoms with Crippen molar-refractivity contribution in [1.82, 2.24) is 9.62 Å². The molecule has 1 aromatic rings. The van der Waals surface area contributed by atoms with E-state index in [2.05, 4.69) is 21.2 Å². The number of piperidine rings is 1. The maximum absolute atomic E-state index is 13.7. The Hall–Kier alpha value is -0.990. The number of nitrogens with zero attached hydrogens (tertiary/aromatic N) is 1. The SMILES string of the molecule is CS(=O)(=O)N1CCCC(NC(=O)c2cc(Br)ccc2F)C1. The maximum Gasteiger partial charge on any atom is 0.254 e. The summed E-state index contributed by atoms with van der Waals surface area (Å²) in [6.07, 6.45) is 2.48. The number of benzene rings is 1. The second kappa shape index (κ2) is 6.41. The van der Waals surface area contributed by atoms with Gasteiger partial charge in [0.05, 0.1) is 11.8 Å². The van der Waals surface area contributed by atoms with Crippen LogP contribution >= 0.6 is 15.9 Å². The number of carbonyl (C=O) groups excluding carboxylic acids is 1. The first kappa shape index (κ1) is 16.4. The van der Waals surface area contributed by atoms with Gasteiger partial charge in [-0.05, 0) is 31.0 Å². The van der Waals surface area contributed by atoms with Gasteiger partial charge in [0.15, 0.2) is 0 Å². The van der Waals surface area contributed by atoms with Gasteiger partial charge in [-0.25, -0.2) is 17.1 Å². The lowest BCUT2D eigenvalue weighted by molar-refractivity contribution is 0.0917. The minimum absolute atomic E-state index is 0.0548. The standard InChI is InChI=1S/C13H16BrFN2O3S/c1-21(19,20)17-6-2-3-10(8-17)16-13(18)11-7-9(14)4-5-12(11)15/h4-5,7,10H,2-3,6,8H2,1H3,(H,16,18). The molecular formula is C13H16BrFN2O3S. The fourth-order valence-electron chi connectivity index (χ4n) is 2.30. The molecule has 1 N–H and O–H groups in total. The van der Waals surface area contributed by atoms with Crippen molar-refractivity contribution in [2.24, 2.45) is 0 Å². The van der Waals surface area contributed by atoms with Crippen molar-refractivity contribution < 1.29 is 17.6 Å². The third-order valence-electron chi connectivity index (χ3n) is 3.36. The summed E-state index contributed by atoms with van der Waals surface area (Å²) in [5.41, 5.74) is -0.0548. The van der Waals surface area contributed by atoms with Gasteiger partial charge in [-0.1, -0.05) is 15.9 Å². The molecule has 8 heteroatoms. The monoisotopic (exact) mass is 378 g/mol. The van der Waals surface area contributed by atoms with Crippen LogP contribution in [0.1, 0.15) is 23.2 Å². The average Bonchev–Trinajstić information content (AvgIpc) is 2.41. The first-order valence-electron chi connectivity index (χ1n) is 6.48. The van der Waals surface area contributed by atoms with E-state index in [1.807, 2.05) is 0 Å². The largest absolute Gasteiger partial charge is 0.348 e. The Kier molecular flexibility index (Phi) is 5.00. The van der Waals surface area contributed by atoms with E-state index in [-0.39, 0.29) is 18.2 Å². The Morgan fingerprint density at radius 3 is 2.86 bits per heavy atom. The molecule has 2 rings (SSSR count). The molecular weight excluding hydrogens is 363 g/mol. The molecule has 1 unspecified atom stereocenters. The molecule has 1 aliphatic rings. The van der Waals surface area contributed by atoms with Crippen LogP contribution in [0.25, 0.3) is 0 Å². The third kappa shape index (κ3) is 4.24. The predicted molar refractivity (Wildman–Crippen MR) is 81.0 cm³/mol. The fraction of sp³-hybridized carbons (Fsp3) is 0.462. The second-order valence-corrected chi connectivity index (χ2v) is 7.96. The highest BCUT2D eigenvalue weighted by Gasteiger charge is 2.27. The van der Waals surface area contributed by atoms with Gasteiger partial charge in [-0.2, -0.15) is 0 Å². The van der Waals surface area contributed by atoms with E-state index in [1.54, 1.807) is 0 Å². The molecule has 1 aromatic carbocycles. The van der Waals surface area contributed by atoms with Gasteiger partial charge >= 0.3 is 0 Å². The Bertz CT molecular complexity index is 651. The van der Waals surface area contributed by atoms with Crippen LogP contribution in [0.15, 0.2) is 22.7 Å². The summed E-state index contributed by atoms with van der Waals surface area (Å²) >= 11 is 3.19. The van der Waals surface area contributed by atoms with Crippen molar-refractivity contribution in [1.29, 1.82) is 0 Å². The van der Waals surface area contributed by atoms with Crippen LogP contribution in [-0.2, 0) is 10.0 Å². The van der Waals surface area contributed by atoms with Crippen molar-refractivity contribution in [3.8, 4) is 0 Å². The zero-order valence-corrected chi connectivity index (χ0v) is 13.9. The molecule has 0 bridgehead atoms. The Morgan fingerprint density at radius 2 is 2.19 bits per heavy atom. The summed E-state index contributed by atoms with van der Waals surface area (Å²) < 4.78 is 38.7. The van der Waals surface area contributed by atoms with Crippen LogP contribution in [0.3, 0.4) is 0 Å². The minimum Gasteiger partial charge on any atom is -0.348 e. The van der Waals surface area contributed by atoms with Crippen molar-refractivity contribution in [3.63, 3.8) is 0 Å². The van der Waals surface area contributed by atoms with E-state index < -0.39 is 21.7 Å². The molecule has 1 saturated heterocycles. The molecule has 21 heavy (non-hydrogen) atoms. The summed E-state index contributed by atoms with van der Waals surface area (Å²) in [5, 5.41) is 2.70. The van der Waals surface area contributed by atoms with E-state index in [4.69, 9.17) is 0 Å². The number of hydrogen-bond acceptors (Lipinski definition) is 3. The number of rotatable bonds is 3. The second-order valence-electron chi connectivity index (χ2n) is 5.06. The molecule has 5 nitrogen and oxygen atoms in total. The normalized spacial score (nSPS) is 20.2. The summed E-state index contributed by atoms with van der Waals surface area (Å²) in [7, 11) is -3.27. The highest BCUT2D eigenvalue weighted by atomic mass is 79.9. The quantitative estimate of drug-likeness (QED) is 0.870. The average molecular weight is 379 g/mol. The number of carbonyl (C=O) groups is 1. The first-order chi connectivity index (χ1) is 9.77. The van der Waals surface area contributed by atoms with Gasteiger partial charge in [0, 0.05) is 23.6 Å². The molecule has 0 aliphatic carbocycles. The number of sulfonamides is 1. The fourth-order valence-corrected chi connectivity index (χ4v) is 3.57. The van der Waals surface area contributed by atoms with Crippen molar-refractivity contribution in [3.05, 3.63) is 34.1 Å². The lowest BCUT2D eigenvalue weighted by Crippen LogP contribution is -2.49. The molecule has 0 saturated carbocycles. The molecule has 1 amide bonds. The highest BCUT2D eigenvalue weighted by Crippen LogP contribution is 2.17. The van der Waals surface area contributed by atoms with E-state index >= 15 is 0 Å². The molecule has 0 spiro atoms. The Labute approximate surface area is 131 Å². The van der Waals surface area contributed by atoms with Gasteiger partial charge in [0.1, 0.15) is 5.82 Å². The van der Waals surface area contributed by atoms with Crippen LogP contribution in [0.5, 0.6) is 0 Å². The molecule has 1 aliphatic heterocycles. The molecule has 1 atom stereocenters. The number of hydrogen-bond donors (Lipinski definition) is 1. The minimum atomic E-state index is -3.27. The number of amides is 1. The van der Waals surface area contributed by atoms with E-state index in [0.717, 1.165) is 6.26 Å². The Balaban J connectivity index is 2.07. The summed E-state index contributed by atoms with van der Waals surface area (Å²) in [4.78, 5) is 12.1. The summed E-state index contributed by atoms with van der Waals surface area (Å²) in [6.45, 7) is 0.677. The Morgan fingerprint density at radius 1 is 1.48 bits per heavy atom. The van der Waals surface area contributed by atoms with Gasteiger partial charge in [-0.3, -0.25) is 4.79 Å². The first-order valence-corrected chi connectivity index (χ1v) is 9.12. The van der Waals surface area contributed by atoms with Crippen LogP contribution in [0, 0.1) is 5.82 Å². The zero-order chi connectivity index (χ0) is 15.6. The predicted octanol–water partition coefficient (Wildman–Crippen LogP) is 1.74. The lowest BCUT2D eigenvalue weighted by atomic mass is 10.1. The van der Waals surface area contributed by atoms with E-state index in [9.17, 15) is 17.6 Å². The third-order valence-corrected chi connectivity index (χ3v) is 5.12. The summed E-state index contributed by atoms with van der Waals surface area (Å²) in [5.74, 6) is -1.14. The van der Waals surface area contributed by atoms with Gasteiger partial charge in [0.2, 0.25) is 10.0 Å². The van der Waals surface area contributed by atoms with E-state index in [0.29, 0.717) is 23.9 Å². The molecule has 1 fully saturated rings. The van der Waals surface area contributed by atoms with Crippen LogP contribution in [0.2, 0.25) is 0 Å².